The molecular formula is C19H20ClFN2O2. The number of nitrogens with zero attached hydrogens (tertiary/aromatic N) is 1. The van der Waals surface area contributed by atoms with Gasteiger partial charge in [0, 0.05) is 29.7 Å². The first-order valence-corrected chi connectivity index (χ1v) is 8.19. The fourth-order valence-corrected chi connectivity index (χ4v) is 2.51. The van der Waals surface area contributed by atoms with Crippen LogP contribution in [0.5, 0.6) is 0 Å². The summed E-state index contributed by atoms with van der Waals surface area (Å²) in [7, 11) is 1.54. The highest BCUT2D eigenvalue weighted by molar-refractivity contribution is 6.31. The number of benzene rings is 2. The first-order chi connectivity index (χ1) is 11.8. The van der Waals surface area contributed by atoms with Crippen molar-refractivity contribution >= 4 is 23.4 Å². The third-order valence-corrected chi connectivity index (χ3v) is 4.41. The van der Waals surface area contributed by atoms with Crippen molar-refractivity contribution < 1.29 is 14.0 Å². The van der Waals surface area contributed by atoms with E-state index in [0.717, 1.165) is 11.1 Å². The summed E-state index contributed by atoms with van der Waals surface area (Å²) in [6.07, 6.45) is 0. The molecule has 0 aliphatic heterocycles. The number of halogens is 2. The molecule has 0 atom stereocenters. The Balaban J connectivity index is 1.95. The minimum atomic E-state index is -0.466. The van der Waals surface area contributed by atoms with Crippen LogP contribution in [0, 0.1) is 19.7 Å². The lowest BCUT2D eigenvalue weighted by Gasteiger charge is -2.19. The molecule has 0 bridgehead atoms. The number of hydrogen-bond donors (Lipinski definition) is 1. The Labute approximate surface area is 151 Å². The van der Waals surface area contributed by atoms with Crippen LogP contribution in [0.25, 0.3) is 0 Å². The van der Waals surface area contributed by atoms with Gasteiger partial charge in [-0.25, -0.2) is 4.39 Å². The zero-order chi connectivity index (χ0) is 18.6. The smallest absolute Gasteiger partial charge is 0.251 e. The Morgan fingerprint density at radius 2 is 1.88 bits per heavy atom. The molecule has 2 aromatic carbocycles. The Bertz CT molecular complexity index is 788. The molecule has 2 aromatic rings. The molecule has 0 heterocycles. The molecular weight excluding hydrogens is 343 g/mol. The normalized spacial score (nSPS) is 10.4. The third-order valence-electron chi connectivity index (χ3n) is 4.05. The second-order valence-corrected chi connectivity index (χ2v) is 6.34. The fourth-order valence-electron chi connectivity index (χ4n) is 2.28. The SMILES string of the molecule is Cc1ccc(C(=O)NCC(=O)N(C)Cc2c(F)cccc2Cl)cc1C. The maximum atomic E-state index is 13.8. The largest absolute Gasteiger partial charge is 0.343 e. The van der Waals surface area contributed by atoms with Crippen molar-refractivity contribution in [1.29, 1.82) is 0 Å². The molecule has 1 N–H and O–H groups in total. The topological polar surface area (TPSA) is 49.4 Å². The van der Waals surface area contributed by atoms with Gasteiger partial charge in [0.05, 0.1) is 6.54 Å². The summed E-state index contributed by atoms with van der Waals surface area (Å²) in [5.41, 5.74) is 2.84. The highest BCUT2D eigenvalue weighted by Crippen LogP contribution is 2.20. The van der Waals surface area contributed by atoms with Gasteiger partial charge in [0.15, 0.2) is 0 Å². The average molecular weight is 363 g/mol. The second kappa shape index (κ2) is 8.12. The first kappa shape index (κ1) is 18.9. The van der Waals surface area contributed by atoms with Crippen LogP contribution >= 0.6 is 11.6 Å². The monoisotopic (exact) mass is 362 g/mol. The summed E-state index contributed by atoms with van der Waals surface area (Å²) >= 11 is 5.97. The van der Waals surface area contributed by atoms with Crippen LogP contribution in [-0.4, -0.2) is 30.3 Å². The molecule has 6 heteroatoms. The van der Waals surface area contributed by atoms with Gasteiger partial charge in [0.1, 0.15) is 5.82 Å². The third kappa shape index (κ3) is 4.79. The first-order valence-electron chi connectivity index (χ1n) is 7.82. The Morgan fingerprint density at radius 1 is 1.16 bits per heavy atom. The number of amides is 2. The van der Waals surface area contributed by atoms with Crippen molar-refractivity contribution in [2.45, 2.75) is 20.4 Å². The summed E-state index contributed by atoms with van der Waals surface area (Å²) in [6.45, 7) is 3.74. The minimum Gasteiger partial charge on any atom is -0.343 e. The lowest BCUT2D eigenvalue weighted by Crippen LogP contribution is -2.38. The van der Waals surface area contributed by atoms with Crippen LogP contribution in [0.2, 0.25) is 5.02 Å². The molecule has 0 radical (unpaired) electrons. The van der Waals surface area contributed by atoms with Crippen LogP contribution < -0.4 is 5.32 Å². The maximum Gasteiger partial charge on any atom is 0.251 e. The van der Waals surface area contributed by atoms with Gasteiger partial charge in [-0.15, -0.1) is 0 Å². The average Bonchev–Trinajstić information content (AvgIpc) is 2.58. The standard InChI is InChI=1S/C19H20ClFN2O2/c1-12-7-8-14(9-13(12)2)19(25)22-10-18(24)23(3)11-15-16(20)5-4-6-17(15)21/h4-9H,10-11H2,1-3H3,(H,22,25). The number of nitrogens with one attached hydrogen (secondary N) is 1. The van der Waals surface area contributed by atoms with E-state index in [4.69, 9.17) is 11.6 Å². The highest BCUT2D eigenvalue weighted by atomic mass is 35.5. The van der Waals surface area contributed by atoms with E-state index in [1.165, 1.54) is 24.1 Å². The van der Waals surface area contributed by atoms with E-state index in [-0.39, 0.29) is 35.5 Å². The van der Waals surface area contributed by atoms with Gasteiger partial charge < -0.3 is 10.2 Å². The lowest BCUT2D eigenvalue weighted by molar-refractivity contribution is -0.129. The van der Waals surface area contributed by atoms with E-state index >= 15 is 0 Å². The number of aryl methyl sites for hydroxylation is 2. The van der Waals surface area contributed by atoms with Crippen molar-refractivity contribution in [3.8, 4) is 0 Å². The molecule has 4 nitrogen and oxygen atoms in total. The Hall–Kier alpha value is -2.40. The molecule has 2 rings (SSSR count). The van der Waals surface area contributed by atoms with Crippen molar-refractivity contribution in [2.75, 3.05) is 13.6 Å². The number of carbonyl (C=O) groups excluding carboxylic acids is 2. The van der Waals surface area contributed by atoms with Gasteiger partial charge in [0.25, 0.3) is 5.91 Å². The van der Waals surface area contributed by atoms with Gasteiger partial charge in [-0.05, 0) is 49.2 Å². The zero-order valence-electron chi connectivity index (χ0n) is 14.4. The molecule has 132 valence electrons. The number of hydrogen-bond acceptors (Lipinski definition) is 2. The van der Waals surface area contributed by atoms with Crippen LogP contribution in [0.1, 0.15) is 27.0 Å². The van der Waals surface area contributed by atoms with Gasteiger partial charge in [-0.2, -0.15) is 0 Å². The number of likely N-dealkylation sites (N-methyl/N-ethyl adjacent to an activating group) is 1. The maximum absolute atomic E-state index is 13.8. The van der Waals surface area contributed by atoms with E-state index in [1.807, 2.05) is 19.9 Å². The predicted molar refractivity (Wildman–Crippen MR) is 96.1 cm³/mol. The van der Waals surface area contributed by atoms with Crippen molar-refractivity contribution in [2.24, 2.45) is 0 Å². The minimum absolute atomic E-state index is 0.0316. The van der Waals surface area contributed by atoms with E-state index < -0.39 is 5.82 Å². The Morgan fingerprint density at radius 3 is 2.52 bits per heavy atom. The lowest BCUT2D eigenvalue weighted by atomic mass is 10.1. The fraction of sp³-hybridized carbons (Fsp3) is 0.263. The van der Waals surface area contributed by atoms with Crippen LogP contribution in [0.4, 0.5) is 4.39 Å². The van der Waals surface area contributed by atoms with Crippen molar-refractivity contribution in [1.82, 2.24) is 10.2 Å². The van der Waals surface area contributed by atoms with E-state index in [1.54, 1.807) is 18.2 Å². The van der Waals surface area contributed by atoms with E-state index in [0.29, 0.717) is 5.56 Å². The molecule has 0 unspecified atom stereocenters. The van der Waals surface area contributed by atoms with Crippen molar-refractivity contribution in [3.63, 3.8) is 0 Å². The van der Waals surface area contributed by atoms with Gasteiger partial charge >= 0.3 is 0 Å². The van der Waals surface area contributed by atoms with Crippen molar-refractivity contribution in [3.05, 3.63) is 69.5 Å². The second-order valence-electron chi connectivity index (χ2n) is 5.93. The molecule has 2 amide bonds. The number of carbonyl (C=O) groups is 2. The summed E-state index contributed by atoms with van der Waals surface area (Å²) in [5, 5.41) is 2.85. The quantitative estimate of drug-likeness (QED) is 0.885. The Kier molecular flexibility index (Phi) is 6.15. The van der Waals surface area contributed by atoms with E-state index in [2.05, 4.69) is 5.32 Å². The number of rotatable bonds is 5. The van der Waals surface area contributed by atoms with Crippen LogP contribution in [0.3, 0.4) is 0 Å². The zero-order valence-corrected chi connectivity index (χ0v) is 15.2. The summed E-state index contributed by atoms with van der Waals surface area (Å²) in [4.78, 5) is 25.6. The molecule has 0 aliphatic carbocycles. The molecule has 0 fully saturated rings. The molecule has 0 saturated carbocycles. The summed E-state index contributed by atoms with van der Waals surface area (Å²) in [6, 6.07) is 9.72. The van der Waals surface area contributed by atoms with Crippen LogP contribution in [-0.2, 0) is 11.3 Å². The highest BCUT2D eigenvalue weighted by Gasteiger charge is 2.15. The summed E-state index contributed by atoms with van der Waals surface area (Å²) < 4.78 is 13.8. The molecule has 25 heavy (non-hydrogen) atoms. The molecule has 0 aliphatic rings. The molecule has 0 saturated heterocycles. The van der Waals surface area contributed by atoms with Gasteiger partial charge in [-0.3, -0.25) is 9.59 Å². The predicted octanol–water partition coefficient (Wildman–Crippen LogP) is 3.48. The summed E-state index contributed by atoms with van der Waals surface area (Å²) in [5.74, 6) is -1.13. The molecule has 0 aromatic heterocycles. The van der Waals surface area contributed by atoms with Gasteiger partial charge in [0.2, 0.25) is 5.91 Å². The van der Waals surface area contributed by atoms with Gasteiger partial charge in [-0.1, -0.05) is 23.7 Å². The van der Waals surface area contributed by atoms with E-state index in [9.17, 15) is 14.0 Å². The van der Waals surface area contributed by atoms with Crippen LogP contribution in [0.15, 0.2) is 36.4 Å². The molecule has 0 spiro atoms.